The number of amides is 1. The molecule has 0 bridgehead atoms. The second-order valence-electron chi connectivity index (χ2n) is 7.96. The molecule has 1 heterocycles. The van der Waals surface area contributed by atoms with Crippen molar-refractivity contribution in [1.82, 2.24) is 4.90 Å². The summed E-state index contributed by atoms with van der Waals surface area (Å²) in [4.78, 5) is 25.4. The van der Waals surface area contributed by atoms with E-state index in [2.05, 4.69) is 0 Å². The smallest absolute Gasteiger partial charge is 0.408 e. The third kappa shape index (κ3) is 5.43. The Morgan fingerprint density at radius 1 is 1.22 bits per heavy atom. The molecular formula is C20H29NO6. The molecule has 0 unspecified atom stereocenters. The van der Waals surface area contributed by atoms with Gasteiger partial charge in [0.2, 0.25) is 0 Å². The summed E-state index contributed by atoms with van der Waals surface area (Å²) in [5.41, 5.74) is 0.236. The summed E-state index contributed by atoms with van der Waals surface area (Å²) in [6, 6.07) is 8.60. The number of carboxylic acid groups (broad SMARTS) is 1. The Balaban J connectivity index is 2.21. The summed E-state index contributed by atoms with van der Waals surface area (Å²) < 4.78 is 11.1. The van der Waals surface area contributed by atoms with Crippen LogP contribution in [-0.4, -0.2) is 64.2 Å². The Bertz CT molecular complexity index is 642. The fourth-order valence-corrected chi connectivity index (χ4v) is 3.38. The average molecular weight is 379 g/mol. The van der Waals surface area contributed by atoms with Crippen LogP contribution in [0.5, 0.6) is 0 Å². The summed E-state index contributed by atoms with van der Waals surface area (Å²) in [5.74, 6) is -0.985. The van der Waals surface area contributed by atoms with Gasteiger partial charge in [0.05, 0.1) is 19.3 Å². The number of hydrogen-bond donors (Lipinski definition) is 2. The first-order valence-electron chi connectivity index (χ1n) is 9.13. The third-order valence-corrected chi connectivity index (χ3v) is 4.73. The fourth-order valence-electron chi connectivity index (χ4n) is 3.38. The Kier molecular flexibility index (Phi) is 6.84. The van der Waals surface area contributed by atoms with Gasteiger partial charge in [0, 0.05) is 11.5 Å². The molecule has 0 spiro atoms. The van der Waals surface area contributed by atoms with Gasteiger partial charge in [-0.1, -0.05) is 30.3 Å². The van der Waals surface area contributed by atoms with E-state index in [-0.39, 0.29) is 19.1 Å². The third-order valence-electron chi connectivity index (χ3n) is 4.73. The van der Waals surface area contributed by atoms with Crippen LogP contribution in [0.15, 0.2) is 30.3 Å². The summed E-state index contributed by atoms with van der Waals surface area (Å²) in [6.07, 6.45) is -2.34. The highest BCUT2D eigenvalue weighted by atomic mass is 16.6. The van der Waals surface area contributed by atoms with Crippen LogP contribution in [0.3, 0.4) is 0 Å². The normalized spacial score (nSPS) is 27.1. The minimum absolute atomic E-state index is 0.118. The number of rotatable bonds is 3. The van der Waals surface area contributed by atoms with E-state index in [0.29, 0.717) is 6.42 Å². The topological polar surface area (TPSA) is 96.3 Å². The minimum Gasteiger partial charge on any atom is -0.465 e. The van der Waals surface area contributed by atoms with Crippen molar-refractivity contribution < 1.29 is 29.3 Å². The number of nitrogens with zero attached hydrogens (tertiary/aromatic N) is 1. The predicted molar refractivity (Wildman–Crippen MR) is 99.4 cm³/mol. The molecule has 2 N–H and O–H groups in total. The van der Waals surface area contributed by atoms with E-state index in [1.807, 2.05) is 30.3 Å². The molecule has 1 aliphatic rings. The molecule has 2 rings (SSSR count). The Morgan fingerprint density at radius 2 is 1.85 bits per heavy atom. The lowest BCUT2D eigenvalue weighted by molar-refractivity contribution is -0.162. The number of benzene rings is 1. The quantitative estimate of drug-likeness (QED) is 0.783. The first-order chi connectivity index (χ1) is 12.6. The molecule has 0 aromatic heterocycles. The largest absolute Gasteiger partial charge is 0.465 e. The molecule has 7 heteroatoms. The SMILES string of the molecule is C[C@@H]1OC(=O)[C@@H](N(C(=O)O)C(C)(C)C)COC[C@H](Cc2ccccc2)[C@H]1O. The van der Waals surface area contributed by atoms with Crippen LogP contribution in [0.2, 0.25) is 0 Å². The van der Waals surface area contributed by atoms with Crippen LogP contribution in [0.1, 0.15) is 33.3 Å². The van der Waals surface area contributed by atoms with Gasteiger partial charge in [-0.05, 0) is 39.7 Å². The second kappa shape index (κ2) is 8.71. The molecule has 1 aromatic carbocycles. The fraction of sp³-hybridized carbons (Fsp3) is 0.600. The molecule has 1 saturated heterocycles. The second-order valence-corrected chi connectivity index (χ2v) is 7.96. The van der Waals surface area contributed by atoms with Gasteiger partial charge in [-0.15, -0.1) is 0 Å². The average Bonchev–Trinajstić information content (AvgIpc) is 2.61. The van der Waals surface area contributed by atoms with Crippen molar-refractivity contribution in [2.75, 3.05) is 13.2 Å². The van der Waals surface area contributed by atoms with Crippen LogP contribution >= 0.6 is 0 Å². The first kappa shape index (κ1) is 21.2. The number of aliphatic hydroxyl groups is 1. The van der Waals surface area contributed by atoms with Crippen LogP contribution in [-0.2, 0) is 20.7 Å². The van der Waals surface area contributed by atoms with E-state index in [9.17, 15) is 19.8 Å². The summed E-state index contributed by atoms with van der Waals surface area (Å²) >= 11 is 0. The maximum Gasteiger partial charge on any atom is 0.408 e. The van der Waals surface area contributed by atoms with E-state index < -0.39 is 35.9 Å². The molecule has 0 radical (unpaired) electrons. The van der Waals surface area contributed by atoms with Gasteiger partial charge in [0.15, 0.2) is 6.04 Å². The molecule has 0 aliphatic carbocycles. The zero-order valence-corrected chi connectivity index (χ0v) is 16.3. The Hall–Kier alpha value is -2.12. The van der Waals surface area contributed by atoms with E-state index >= 15 is 0 Å². The van der Waals surface area contributed by atoms with Crippen molar-refractivity contribution in [3.05, 3.63) is 35.9 Å². The number of esters is 1. The highest BCUT2D eigenvalue weighted by Crippen LogP contribution is 2.24. The molecule has 1 aliphatic heterocycles. The lowest BCUT2D eigenvalue weighted by Gasteiger charge is -2.38. The molecule has 4 atom stereocenters. The van der Waals surface area contributed by atoms with Crippen LogP contribution in [0.4, 0.5) is 4.79 Å². The van der Waals surface area contributed by atoms with Crippen molar-refractivity contribution in [2.24, 2.45) is 5.92 Å². The van der Waals surface area contributed by atoms with Gasteiger partial charge in [-0.25, -0.2) is 9.59 Å². The van der Waals surface area contributed by atoms with Gasteiger partial charge in [0.25, 0.3) is 0 Å². The predicted octanol–water partition coefficient (Wildman–Crippen LogP) is 2.32. The zero-order valence-electron chi connectivity index (χ0n) is 16.3. The van der Waals surface area contributed by atoms with Gasteiger partial charge in [-0.3, -0.25) is 4.90 Å². The maximum absolute atomic E-state index is 12.6. The van der Waals surface area contributed by atoms with E-state index in [0.717, 1.165) is 10.5 Å². The van der Waals surface area contributed by atoms with Gasteiger partial charge in [0.1, 0.15) is 6.10 Å². The standard InChI is InChI=1S/C20H29NO6/c1-13-17(22)15(10-14-8-6-5-7-9-14)11-26-12-16(18(23)27-13)21(19(24)25)20(2,3)4/h5-9,13,15-17,22H,10-12H2,1-4H3,(H,24,25)/t13-,15-,16-,17-/m0/s1. The lowest BCUT2D eigenvalue weighted by Crippen LogP contribution is -2.56. The number of carbonyl (C=O) groups excluding carboxylic acids is 1. The summed E-state index contributed by atoms with van der Waals surface area (Å²) in [5, 5.41) is 20.2. The number of aliphatic hydroxyl groups excluding tert-OH is 1. The molecule has 1 fully saturated rings. The molecule has 150 valence electrons. The van der Waals surface area contributed by atoms with Gasteiger partial charge < -0.3 is 19.7 Å². The highest BCUT2D eigenvalue weighted by Gasteiger charge is 2.41. The number of ether oxygens (including phenoxy) is 2. The van der Waals surface area contributed by atoms with Gasteiger partial charge >= 0.3 is 12.1 Å². The number of cyclic esters (lactones) is 1. The Labute approximate surface area is 159 Å². The van der Waals surface area contributed by atoms with Crippen LogP contribution in [0, 0.1) is 5.92 Å². The van der Waals surface area contributed by atoms with Crippen molar-refractivity contribution in [1.29, 1.82) is 0 Å². The maximum atomic E-state index is 12.6. The van der Waals surface area contributed by atoms with Gasteiger partial charge in [-0.2, -0.15) is 0 Å². The Morgan fingerprint density at radius 3 is 2.41 bits per heavy atom. The highest BCUT2D eigenvalue weighted by molar-refractivity contribution is 5.81. The van der Waals surface area contributed by atoms with E-state index in [1.165, 1.54) is 0 Å². The van der Waals surface area contributed by atoms with E-state index in [4.69, 9.17) is 9.47 Å². The molecule has 1 aromatic rings. The molecule has 1 amide bonds. The van der Waals surface area contributed by atoms with Crippen LogP contribution in [0.25, 0.3) is 0 Å². The molecule has 0 saturated carbocycles. The zero-order chi connectivity index (χ0) is 20.2. The number of carbonyl (C=O) groups is 2. The lowest BCUT2D eigenvalue weighted by atomic mass is 9.92. The monoisotopic (exact) mass is 379 g/mol. The summed E-state index contributed by atoms with van der Waals surface area (Å²) in [6.45, 7) is 6.82. The minimum atomic E-state index is -1.22. The van der Waals surface area contributed by atoms with Crippen molar-refractivity contribution >= 4 is 12.1 Å². The van der Waals surface area contributed by atoms with Crippen molar-refractivity contribution in [3.63, 3.8) is 0 Å². The summed E-state index contributed by atoms with van der Waals surface area (Å²) in [7, 11) is 0. The van der Waals surface area contributed by atoms with Crippen molar-refractivity contribution in [3.8, 4) is 0 Å². The molecular weight excluding hydrogens is 350 g/mol. The van der Waals surface area contributed by atoms with E-state index in [1.54, 1.807) is 27.7 Å². The van der Waals surface area contributed by atoms with Crippen LogP contribution < -0.4 is 0 Å². The number of hydrogen-bond acceptors (Lipinski definition) is 5. The molecule has 7 nitrogen and oxygen atoms in total. The first-order valence-corrected chi connectivity index (χ1v) is 9.13. The van der Waals surface area contributed by atoms with Crippen molar-refractivity contribution in [2.45, 2.75) is 57.9 Å². The molecule has 27 heavy (non-hydrogen) atoms.